The Bertz CT molecular complexity index is 631. The first-order chi connectivity index (χ1) is 9.61. The lowest BCUT2D eigenvalue weighted by Crippen LogP contribution is -2.14. The number of Topliss-reactive ketones (excluding diaryl/α,β-unsaturated/α-hetero) is 1. The van der Waals surface area contributed by atoms with Crippen molar-refractivity contribution < 1.29 is 13.9 Å². The van der Waals surface area contributed by atoms with Gasteiger partial charge in [0, 0.05) is 5.56 Å². The molecule has 2 aromatic rings. The Morgan fingerprint density at radius 3 is 2.70 bits per heavy atom. The number of hydrogen-bond acceptors (Lipinski definition) is 3. The third kappa shape index (κ3) is 3.36. The summed E-state index contributed by atoms with van der Waals surface area (Å²) in [5.41, 5.74) is 0.843. The van der Waals surface area contributed by atoms with Crippen molar-refractivity contribution in [3.8, 4) is 5.75 Å². The van der Waals surface area contributed by atoms with Crippen molar-refractivity contribution in [1.82, 2.24) is 0 Å². The number of rotatable bonds is 5. The van der Waals surface area contributed by atoms with Crippen LogP contribution in [0.4, 0.5) is 10.1 Å². The number of carbonyl (C=O) groups excluding carboxylic acids is 1. The molecule has 2 aromatic carbocycles. The maximum absolute atomic E-state index is 13.4. The molecular weight excluding hydrogens is 325 g/mol. The summed E-state index contributed by atoms with van der Waals surface area (Å²) in [7, 11) is 1.56. The predicted octanol–water partition coefficient (Wildman–Crippen LogP) is 3.89. The minimum absolute atomic E-state index is 0.0275. The zero-order valence-corrected chi connectivity index (χ0v) is 12.4. The van der Waals surface area contributed by atoms with E-state index in [0.29, 0.717) is 21.5 Å². The average molecular weight is 338 g/mol. The summed E-state index contributed by atoms with van der Waals surface area (Å²) < 4.78 is 19.2. The topological polar surface area (TPSA) is 38.3 Å². The number of ether oxygens (including phenoxy) is 1. The Kier molecular flexibility index (Phi) is 4.74. The van der Waals surface area contributed by atoms with Gasteiger partial charge >= 0.3 is 0 Å². The van der Waals surface area contributed by atoms with Gasteiger partial charge in [-0.3, -0.25) is 4.79 Å². The highest BCUT2D eigenvalue weighted by atomic mass is 79.9. The van der Waals surface area contributed by atoms with Crippen LogP contribution in [0.25, 0.3) is 0 Å². The van der Waals surface area contributed by atoms with E-state index in [4.69, 9.17) is 4.74 Å². The van der Waals surface area contributed by atoms with E-state index >= 15 is 0 Å². The van der Waals surface area contributed by atoms with Crippen molar-refractivity contribution in [1.29, 1.82) is 0 Å². The molecule has 0 saturated heterocycles. The Morgan fingerprint density at radius 2 is 2.05 bits per heavy atom. The molecule has 20 heavy (non-hydrogen) atoms. The first-order valence-corrected chi connectivity index (χ1v) is 6.76. The number of benzene rings is 2. The highest BCUT2D eigenvalue weighted by Crippen LogP contribution is 2.25. The molecule has 0 unspecified atom stereocenters. The number of carbonyl (C=O) groups is 1. The van der Waals surface area contributed by atoms with E-state index in [9.17, 15) is 9.18 Å². The lowest BCUT2D eigenvalue weighted by Gasteiger charge is -2.08. The van der Waals surface area contributed by atoms with Gasteiger partial charge in [-0.05, 0) is 46.3 Å². The summed E-state index contributed by atoms with van der Waals surface area (Å²) in [4.78, 5) is 12.0. The number of anilines is 1. The monoisotopic (exact) mass is 337 g/mol. The standard InChI is InChI=1S/C15H13BrFNO2/c1-20-15-7-6-10(8-11(15)16)14(19)9-18-13-5-3-2-4-12(13)17/h2-8,18H,9H2,1H3. The smallest absolute Gasteiger partial charge is 0.181 e. The number of halogens is 2. The molecule has 2 rings (SSSR count). The fourth-order valence-electron chi connectivity index (χ4n) is 1.72. The van der Waals surface area contributed by atoms with Gasteiger partial charge in [-0.1, -0.05) is 12.1 Å². The van der Waals surface area contributed by atoms with Crippen LogP contribution in [-0.4, -0.2) is 19.4 Å². The molecule has 0 aromatic heterocycles. The molecule has 0 saturated carbocycles. The first-order valence-electron chi connectivity index (χ1n) is 5.97. The minimum Gasteiger partial charge on any atom is -0.496 e. The van der Waals surface area contributed by atoms with Crippen molar-refractivity contribution >= 4 is 27.4 Å². The zero-order chi connectivity index (χ0) is 14.5. The molecular formula is C15H13BrFNO2. The highest BCUT2D eigenvalue weighted by Gasteiger charge is 2.09. The maximum Gasteiger partial charge on any atom is 0.181 e. The minimum atomic E-state index is -0.379. The summed E-state index contributed by atoms with van der Waals surface area (Å²) in [6, 6.07) is 11.3. The lowest BCUT2D eigenvalue weighted by molar-refractivity contribution is 0.101. The van der Waals surface area contributed by atoms with E-state index in [2.05, 4.69) is 21.2 Å². The Hall–Kier alpha value is -1.88. The van der Waals surface area contributed by atoms with E-state index in [1.54, 1.807) is 43.5 Å². The highest BCUT2D eigenvalue weighted by molar-refractivity contribution is 9.10. The van der Waals surface area contributed by atoms with Crippen LogP contribution in [0.5, 0.6) is 5.75 Å². The molecule has 0 aliphatic carbocycles. The lowest BCUT2D eigenvalue weighted by atomic mass is 10.1. The van der Waals surface area contributed by atoms with Gasteiger partial charge < -0.3 is 10.1 Å². The molecule has 0 fully saturated rings. The Morgan fingerprint density at radius 1 is 1.30 bits per heavy atom. The van der Waals surface area contributed by atoms with Crippen LogP contribution in [0.1, 0.15) is 10.4 Å². The van der Waals surface area contributed by atoms with Crippen LogP contribution in [0.2, 0.25) is 0 Å². The summed E-state index contributed by atoms with van der Waals surface area (Å²) in [6.07, 6.45) is 0. The summed E-state index contributed by atoms with van der Waals surface area (Å²) in [5, 5.41) is 2.79. The van der Waals surface area contributed by atoms with Gasteiger partial charge in [-0.15, -0.1) is 0 Å². The van der Waals surface area contributed by atoms with Crippen molar-refractivity contribution in [3.63, 3.8) is 0 Å². The molecule has 104 valence electrons. The third-order valence-corrected chi connectivity index (χ3v) is 3.41. The molecule has 0 radical (unpaired) electrons. The summed E-state index contributed by atoms with van der Waals surface area (Å²) >= 11 is 3.33. The van der Waals surface area contributed by atoms with Crippen molar-refractivity contribution in [2.45, 2.75) is 0 Å². The van der Waals surface area contributed by atoms with E-state index in [0.717, 1.165) is 0 Å². The van der Waals surface area contributed by atoms with Gasteiger partial charge in [0.2, 0.25) is 0 Å². The average Bonchev–Trinajstić information content (AvgIpc) is 2.46. The van der Waals surface area contributed by atoms with E-state index < -0.39 is 0 Å². The fourth-order valence-corrected chi connectivity index (χ4v) is 2.26. The van der Waals surface area contributed by atoms with Gasteiger partial charge in [-0.2, -0.15) is 0 Å². The van der Waals surface area contributed by atoms with Crippen molar-refractivity contribution in [2.75, 3.05) is 19.0 Å². The Labute approximate surface area is 124 Å². The molecule has 0 bridgehead atoms. The van der Waals surface area contributed by atoms with Crippen molar-refractivity contribution in [3.05, 3.63) is 58.3 Å². The fraction of sp³-hybridized carbons (Fsp3) is 0.133. The zero-order valence-electron chi connectivity index (χ0n) is 10.8. The van der Waals surface area contributed by atoms with E-state index in [1.807, 2.05) is 0 Å². The quantitative estimate of drug-likeness (QED) is 0.841. The van der Waals surface area contributed by atoms with Gasteiger partial charge in [0.05, 0.1) is 23.8 Å². The van der Waals surface area contributed by atoms with Gasteiger partial charge in [0.1, 0.15) is 11.6 Å². The number of nitrogens with one attached hydrogen (secondary N) is 1. The second-order valence-electron chi connectivity index (χ2n) is 4.11. The third-order valence-electron chi connectivity index (χ3n) is 2.79. The maximum atomic E-state index is 13.4. The van der Waals surface area contributed by atoms with E-state index in [-0.39, 0.29) is 18.1 Å². The van der Waals surface area contributed by atoms with Gasteiger partial charge in [0.25, 0.3) is 0 Å². The van der Waals surface area contributed by atoms with Crippen molar-refractivity contribution in [2.24, 2.45) is 0 Å². The molecule has 0 heterocycles. The van der Waals surface area contributed by atoms with Crippen LogP contribution in [-0.2, 0) is 0 Å². The molecule has 3 nitrogen and oxygen atoms in total. The van der Waals surface area contributed by atoms with Crippen LogP contribution >= 0.6 is 15.9 Å². The molecule has 0 aliphatic heterocycles. The molecule has 0 aliphatic rings. The largest absolute Gasteiger partial charge is 0.496 e. The molecule has 1 N–H and O–H groups in total. The predicted molar refractivity (Wildman–Crippen MR) is 79.9 cm³/mol. The van der Waals surface area contributed by atoms with E-state index in [1.165, 1.54) is 6.07 Å². The van der Waals surface area contributed by atoms with Gasteiger partial charge in [0.15, 0.2) is 5.78 Å². The second-order valence-corrected chi connectivity index (χ2v) is 4.96. The Balaban J connectivity index is 2.05. The first kappa shape index (κ1) is 14.5. The SMILES string of the molecule is COc1ccc(C(=O)CNc2ccccc2F)cc1Br. The molecule has 0 atom stereocenters. The number of para-hydroxylation sites is 1. The molecule has 0 amide bonds. The molecule has 5 heteroatoms. The molecule has 0 spiro atoms. The van der Waals surface area contributed by atoms with Crippen LogP contribution in [0, 0.1) is 5.82 Å². The summed E-state index contributed by atoms with van der Waals surface area (Å²) in [5.74, 6) is 0.149. The van der Waals surface area contributed by atoms with Crippen LogP contribution in [0.3, 0.4) is 0 Å². The number of methoxy groups -OCH3 is 1. The normalized spacial score (nSPS) is 10.2. The number of ketones is 1. The second kappa shape index (κ2) is 6.52. The van der Waals surface area contributed by atoms with Gasteiger partial charge in [-0.25, -0.2) is 4.39 Å². The van der Waals surface area contributed by atoms with Crippen LogP contribution < -0.4 is 10.1 Å². The number of hydrogen-bond donors (Lipinski definition) is 1. The van der Waals surface area contributed by atoms with Crippen LogP contribution in [0.15, 0.2) is 46.9 Å². The summed E-state index contributed by atoms with van der Waals surface area (Å²) in [6.45, 7) is 0.0275.